The molecule has 0 radical (unpaired) electrons. The third-order valence-electron chi connectivity index (χ3n) is 8.06. The van der Waals surface area contributed by atoms with E-state index in [0.717, 1.165) is 28.9 Å². The molecule has 1 aliphatic carbocycles. The predicted molar refractivity (Wildman–Crippen MR) is 180 cm³/mol. The van der Waals surface area contributed by atoms with Gasteiger partial charge in [0.05, 0.1) is 12.5 Å². The van der Waals surface area contributed by atoms with Crippen molar-refractivity contribution >= 4 is 47.8 Å². The van der Waals surface area contributed by atoms with Crippen molar-refractivity contribution in [2.45, 2.75) is 63.3 Å². The highest BCUT2D eigenvalue weighted by Crippen LogP contribution is 2.35. The Labute approximate surface area is 289 Å². The van der Waals surface area contributed by atoms with Crippen molar-refractivity contribution < 1.29 is 52.3 Å². The summed E-state index contributed by atoms with van der Waals surface area (Å²) >= 11 is 3.19. The van der Waals surface area contributed by atoms with Gasteiger partial charge in [0, 0.05) is 29.9 Å². The number of benzene rings is 2. The van der Waals surface area contributed by atoms with Crippen molar-refractivity contribution in [3.05, 3.63) is 65.2 Å². The molecule has 6 atom stereocenters. The minimum absolute atomic E-state index is 0.0144. The predicted octanol–water partition coefficient (Wildman–Crippen LogP) is 4.59. The molecule has 3 aliphatic rings. The lowest BCUT2D eigenvalue weighted by Gasteiger charge is -2.25. The number of thioether (sulfide) groups is 2. The van der Waals surface area contributed by atoms with Crippen molar-refractivity contribution in [3.63, 3.8) is 0 Å². The van der Waals surface area contributed by atoms with Crippen LogP contribution in [0, 0.1) is 5.92 Å². The normalized spacial score (nSPS) is 21.0. The molecule has 0 amide bonds. The van der Waals surface area contributed by atoms with Crippen molar-refractivity contribution in [3.8, 4) is 5.75 Å². The van der Waals surface area contributed by atoms with Crippen molar-refractivity contribution in [1.29, 1.82) is 0 Å². The molecule has 262 valence electrons. The van der Waals surface area contributed by atoms with Crippen LogP contribution in [0.2, 0.25) is 0 Å². The van der Waals surface area contributed by atoms with E-state index in [1.165, 1.54) is 0 Å². The van der Waals surface area contributed by atoms with Crippen LogP contribution in [0.25, 0.3) is 0 Å². The standard InChI is InChI=1S/C17H23NO6S.C17H20O5S/c1-18-13(11-25-2)16(19)22-9-14(15-10-23-17(20)24-15)21-8-12-6-4-3-5-7-12;1-3-10(9-23-2)16(18)20-13-6-4-5-11-7-14-15(8-12(11)13)22-17(19)21-14/h3-7,13-15,18H,8-11H2,1-2H3;4-6,10,14-15H,3,7-9H2,1-2H3. The zero-order valence-corrected chi connectivity index (χ0v) is 29.2. The van der Waals surface area contributed by atoms with Crippen molar-refractivity contribution in [1.82, 2.24) is 5.32 Å². The highest BCUT2D eigenvalue weighted by molar-refractivity contribution is 7.98. The number of nitrogens with one attached hydrogen (secondary N) is 1. The van der Waals surface area contributed by atoms with Crippen LogP contribution in [0.15, 0.2) is 48.5 Å². The molecule has 14 heteroatoms. The molecule has 0 bridgehead atoms. The van der Waals surface area contributed by atoms with E-state index in [4.69, 9.17) is 33.2 Å². The summed E-state index contributed by atoms with van der Waals surface area (Å²) in [7, 11) is 1.71. The SMILES string of the molecule is CCC(CSC)C(=O)Oc1cccc2c1CC1OC(=O)OC1C2.CNC(CSC)C(=O)OCC(OCc1ccccc1)C1COC(=O)O1. The summed E-state index contributed by atoms with van der Waals surface area (Å²) in [6.45, 7) is 2.37. The Kier molecular flexibility index (Phi) is 14.7. The molecule has 0 spiro atoms. The van der Waals surface area contributed by atoms with Gasteiger partial charge in [-0.25, -0.2) is 9.59 Å². The number of fused-ring (bicyclic) bond motifs is 2. The highest BCUT2D eigenvalue weighted by atomic mass is 32.2. The first-order chi connectivity index (χ1) is 23.3. The van der Waals surface area contributed by atoms with Crippen LogP contribution in [0.5, 0.6) is 5.75 Å². The number of hydrogen-bond acceptors (Lipinski definition) is 14. The first kappa shape index (κ1) is 37.4. The quantitative estimate of drug-likeness (QED) is 0.157. The summed E-state index contributed by atoms with van der Waals surface area (Å²) < 4.78 is 37.1. The molecule has 2 fully saturated rings. The van der Waals surface area contributed by atoms with Gasteiger partial charge in [-0.15, -0.1) is 0 Å². The van der Waals surface area contributed by atoms with Crippen molar-refractivity contribution in [2.75, 3.05) is 44.3 Å². The molecule has 48 heavy (non-hydrogen) atoms. The third kappa shape index (κ3) is 10.5. The van der Waals surface area contributed by atoms with Crippen LogP contribution in [0.4, 0.5) is 9.59 Å². The molecule has 5 rings (SSSR count). The van der Waals surface area contributed by atoms with E-state index in [-0.39, 0.29) is 43.3 Å². The largest absolute Gasteiger partial charge is 0.509 e. The van der Waals surface area contributed by atoms with Gasteiger partial charge in [-0.1, -0.05) is 49.4 Å². The van der Waals surface area contributed by atoms with E-state index >= 15 is 0 Å². The summed E-state index contributed by atoms with van der Waals surface area (Å²) in [5.74, 6) is 1.26. The summed E-state index contributed by atoms with van der Waals surface area (Å²) in [5, 5.41) is 2.91. The highest BCUT2D eigenvalue weighted by Gasteiger charge is 2.41. The van der Waals surface area contributed by atoms with Gasteiger partial charge in [-0.2, -0.15) is 23.5 Å². The van der Waals surface area contributed by atoms with Gasteiger partial charge in [-0.05, 0) is 43.2 Å². The lowest BCUT2D eigenvalue weighted by atomic mass is 9.87. The minimum atomic E-state index is -0.736. The lowest BCUT2D eigenvalue weighted by Crippen LogP contribution is -2.41. The summed E-state index contributed by atoms with van der Waals surface area (Å²) in [4.78, 5) is 47.0. The molecular weight excluding hydrogens is 663 g/mol. The zero-order chi connectivity index (χ0) is 34.5. The zero-order valence-electron chi connectivity index (χ0n) is 27.5. The summed E-state index contributed by atoms with van der Waals surface area (Å²) in [5.41, 5.74) is 2.96. The fraction of sp³-hybridized carbons (Fsp3) is 0.529. The Morgan fingerprint density at radius 1 is 0.917 bits per heavy atom. The van der Waals surface area contributed by atoms with Crippen LogP contribution in [-0.4, -0.2) is 99.0 Å². The number of esters is 2. The molecule has 6 unspecified atom stereocenters. The first-order valence-corrected chi connectivity index (χ1v) is 18.5. The Hall–Kier alpha value is -3.46. The molecule has 1 N–H and O–H groups in total. The van der Waals surface area contributed by atoms with Gasteiger partial charge < -0.3 is 38.5 Å². The van der Waals surface area contributed by atoms with E-state index in [1.807, 2.05) is 61.9 Å². The maximum absolute atomic E-state index is 12.4. The average Bonchev–Trinajstić information content (AvgIpc) is 3.69. The Morgan fingerprint density at radius 2 is 1.65 bits per heavy atom. The van der Waals surface area contributed by atoms with E-state index in [0.29, 0.717) is 31.0 Å². The second-order valence-electron chi connectivity index (χ2n) is 11.3. The number of likely N-dealkylation sites (N-methyl/N-ethyl adjacent to an activating group) is 1. The van der Waals surface area contributed by atoms with Gasteiger partial charge in [0.25, 0.3) is 0 Å². The number of carbonyl (C=O) groups excluding carboxylic acids is 4. The van der Waals surface area contributed by atoms with Gasteiger partial charge in [-0.3, -0.25) is 9.59 Å². The lowest BCUT2D eigenvalue weighted by molar-refractivity contribution is -0.153. The number of carbonyl (C=O) groups is 4. The second kappa shape index (κ2) is 18.9. The van der Waals surface area contributed by atoms with Gasteiger partial charge in [0.15, 0.2) is 6.10 Å². The molecule has 2 saturated heterocycles. The number of hydrogen-bond donors (Lipinski definition) is 1. The summed E-state index contributed by atoms with van der Waals surface area (Å²) in [6, 6.07) is 14.8. The molecule has 2 aromatic rings. The minimum Gasteiger partial charge on any atom is -0.462 e. The molecule has 2 aromatic carbocycles. The smallest absolute Gasteiger partial charge is 0.462 e. The number of rotatable bonds is 15. The van der Waals surface area contributed by atoms with Crippen LogP contribution in [0.3, 0.4) is 0 Å². The van der Waals surface area contributed by atoms with E-state index in [9.17, 15) is 19.2 Å². The monoisotopic (exact) mass is 705 g/mol. The number of ether oxygens (including phenoxy) is 7. The molecule has 0 saturated carbocycles. The van der Waals surface area contributed by atoms with Gasteiger partial charge in [0.1, 0.15) is 43.3 Å². The molecular formula is C34H43NO11S2. The maximum atomic E-state index is 12.4. The van der Waals surface area contributed by atoms with Crippen molar-refractivity contribution in [2.24, 2.45) is 5.92 Å². The Bertz CT molecular complexity index is 1380. The van der Waals surface area contributed by atoms with Crippen LogP contribution in [0.1, 0.15) is 30.0 Å². The second-order valence-corrected chi connectivity index (χ2v) is 13.1. The van der Waals surface area contributed by atoms with Crippen LogP contribution >= 0.6 is 23.5 Å². The van der Waals surface area contributed by atoms with E-state index in [2.05, 4.69) is 5.32 Å². The van der Waals surface area contributed by atoms with Gasteiger partial charge >= 0.3 is 24.2 Å². The third-order valence-corrected chi connectivity index (χ3v) is 9.46. The Morgan fingerprint density at radius 3 is 2.29 bits per heavy atom. The molecule has 0 aromatic heterocycles. The fourth-order valence-electron chi connectivity index (χ4n) is 5.33. The van der Waals surface area contributed by atoms with Crippen LogP contribution < -0.4 is 10.1 Å². The summed E-state index contributed by atoms with van der Waals surface area (Å²) in [6.07, 6.45) is 2.70. The Balaban J connectivity index is 0.000000217. The molecule has 2 heterocycles. The fourth-order valence-corrected chi connectivity index (χ4v) is 6.74. The van der Waals surface area contributed by atoms with Crippen LogP contribution in [-0.2, 0) is 57.5 Å². The number of cyclic esters (lactones) is 2. The first-order valence-electron chi connectivity index (χ1n) is 15.8. The topological polar surface area (TPSA) is 145 Å². The average molecular weight is 706 g/mol. The van der Waals surface area contributed by atoms with E-state index in [1.54, 1.807) is 36.6 Å². The van der Waals surface area contributed by atoms with E-state index < -0.39 is 30.6 Å². The maximum Gasteiger partial charge on any atom is 0.509 e. The molecule has 12 nitrogen and oxygen atoms in total. The molecule has 2 aliphatic heterocycles. The van der Waals surface area contributed by atoms with Gasteiger partial charge in [0.2, 0.25) is 0 Å².